The number of carbonyl (C=O) groups excluding carboxylic acids is 1. The van der Waals surface area contributed by atoms with E-state index in [-0.39, 0.29) is 18.9 Å². The van der Waals surface area contributed by atoms with Gasteiger partial charge in [0.1, 0.15) is 5.75 Å². The van der Waals surface area contributed by atoms with Crippen molar-refractivity contribution in [1.29, 1.82) is 0 Å². The SMILES string of the molecule is CCc1ccccc1NC(=O)[C@@H]1CCN(S(C)(=O)=O)c2ccccc2O1. The van der Waals surface area contributed by atoms with Crippen LogP contribution >= 0.6 is 0 Å². The van der Waals surface area contributed by atoms with Crippen LogP contribution in [0.2, 0.25) is 0 Å². The first-order valence-electron chi connectivity index (χ1n) is 8.52. The molecule has 1 atom stereocenters. The number of nitrogens with zero attached hydrogens (tertiary/aromatic N) is 1. The maximum absolute atomic E-state index is 12.8. The van der Waals surface area contributed by atoms with Gasteiger partial charge >= 0.3 is 0 Å². The third kappa shape index (κ3) is 3.83. The second-order valence-corrected chi connectivity index (χ2v) is 8.10. The number of anilines is 2. The average Bonchev–Trinajstić information content (AvgIpc) is 2.81. The van der Waals surface area contributed by atoms with E-state index in [1.165, 1.54) is 4.31 Å². The lowest BCUT2D eigenvalue weighted by Crippen LogP contribution is -2.36. The summed E-state index contributed by atoms with van der Waals surface area (Å²) in [4.78, 5) is 12.8. The van der Waals surface area contributed by atoms with Crippen molar-refractivity contribution in [2.45, 2.75) is 25.9 Å². The van der Waals surface area contributed by atoms with Crippen molar-refractivity contribution in [2.75, 3.05) is 22.4 Å². The highest BCUT2D eigenvalue weighted by Gasteiger charge is 2.31. The molecule has 1 aliphatic rings. The summed E-state index contributed by atoms with van der Waals surface area (Å²) in [6.07, 6.45) is 1.45. The molecule has 3 rings (SSSR count). The zero-order valence-electron chi connectivity index (χ0n) is 14.8. The number of para-hydroxylation sites is 3. The van der Waals surface area contributed by atoms with Crippen molar-refractivity contribution in [3.05, 3.63) is 54.1 Å². The molecule has 26 heavy (non-hydrogen) atoms. The molecule has 0 spiro atoms. The minimum Gasteiger partial charge on any atom is -0.478 e. The zero-order valence-corrected chi connectivity index (χ0v) is 15.6. The van der Waals surface area contributed by atoms with Gasteiger partial charge in [-0.2, -0.15) is 0 Å². The summed E-state index contributed by atoms with van der Waals surface area (Å²) in [5, 5.41) is 2.91. The number of amides is 1. The molecule has 0 unspecified atom stereocenters. The van der Waals surface area contributed by atoms with Crippen LogP contribution in [0.4, 0.5) is 11.4 Å². The zero-order chi connectivity index (χ0) is 18.7. The van der Waals surface area contributed by atoms with Gasteiger partial charge < -0.3 is 10.1 Å². The Labute approximate surface area is 153 Å². The summed E-state index contributed by atoms with van der Waals surface area (Å²) in [5.41, 5.74) is 2.24. The first kappa shape index (κ1) is 18.3. The molecule has 0 aliphatic carbocycles. The van der Waals surface area contributed by atoms with Crippen molar-refractivity contribution >= 4 is 27.3 Å². The van der Waals surface area contributed by atoms with Crippen molar-refractivity contribution in [3.63, 3.8) is 0 Å². The van der Waals surface area contributed by atoms with Gasteiger partial charge in [-0.15, -0.1) is 0 Å². The maximum atomic E-state index is 12.8. The molecule has 0 saturated heterocycles. The van der Waals surface area contributed by atoms with Crippen molar-refractivity contribution in [2.24, 2.45) is 0 Å². The molecule has 0 saturated carbocycles. The molecule has 6 nitrogen and oxygen atoms in total. The highest BCUT2D eigenvalue weighted by molar-refractivity contribution is 7.92. The molecule has 0 fully saturated rings. The Kier molecular flexibility index (Phi) is 5.18. The van der Waals surface area contributed by atoms with Gasteiger partial charge in [0.05, 0.1) is 11.9 Å². The van der Waals surface area contributed by atoms with Crippen LogP contribution < -0.4 is 14.4 Å². The molecule has 2 aromatic rings. The smallest absolute Gasteiger partial charge is 0.265 e. The molecule has 1 amide bonds. The lowest BCUT2D eigenvalue weighted by molar-refractivity contribution is -0.122. The third-order valence-electron chi connectivity index (χ3n) is 4.35. The molecular weight excluding hydrogens is 352 g/mol. The number of ether oxygens (including phenoxy) is 1. The van der Waals surface area contributed by atoms with Gasteiger partial charge in [-0.05, 0) is 30.2 Å². The summed E-state index contributed by atoms with van der Waals surface area (Å²) in [7, 11) is -3.46. The van der Waals surface area contributed by atoms with Crippen LogP contribution in [0.5, 0.6) is 5.75 Å². The quantitative estimate of drug-likeness (QED) is 0.893. The van der Waals surface area contributed by atoms with Crippen LogP contribution in [0.3, 0.4) is 0 Å². The van der Waals surface area contributed by atoms with Crippen LogP contribution in [-0.2, 0) is 21.2 Å². The molecule has 0 radical (unpaired) electrons. The molecule has 138 valence electrons. The normalized spacial score (nSPS) is 17.0. The number of hydrogen-bond acceptors (Lipinski definition) is 4. The van der Waals surface area contributed by atoms with Gasteiger partial charge in [0, 0.05) is 18.7 Å². The number of rotatable bonds is 4. The number of sulfonamides is 1. The first-order valence-corrected chi connectivity index (χ1v) is 10.4. The van der Waals surface area contributed by atoms with Crippen LogP contribution in [-0.4, -0.2) is 33.2 Å². The molecule has 0 bridgehead atoms. The Bertz CT molecular complexity index is 911. The Balaban J connectivity index is 1.86. The summed E-state index contributed by atoms with van der Waals surface area (Å²) in [5.74, 6) is 0.107. The van der Waals surface area contributed by atoms with E-state index >= 15 is 0 Å². The van der Waals surface area contributed by atoms with E-state index < -0.39 is 16.1 Å². The Hall–Kier alpha value is -2.54. The van der Waals surface area contributed by atoms with Crippen LogP contribution in [0, 0.1) is 0 Å². The number of aryl methyl sites for hydroxylation is 1. The fraction of sp³-hybridized carbons (Fsp3) is 0.316. The second-order valence-electron chi connectivity index (χ2n) is 6.20. The molecular formula is C19H22N2O4S. The van der Waals surface area contributed by atoms with Crippen LogP contribution in [0.15, 0.2) is 48.5 Å². The van der Waals surface area contributed by atoms with Gasteiger partial charge in [0.15, 0.2) is 6.10 Å². The van der Waals surface area contributed by atoms with E-state index in [1.807, 2.05) is 31.2 Å². The number of hydrogen-bond donors (Lipinski definition) is 1. The highest BCUT2D eigenvalue weighted by atomic mass is 32.2. The predicted octanol–water partition coefficient (Wildman–Crippen LogP) is 2.80. The number of fused-ring (bicyclic) bond motifs is 1. The minimum atomic E-state index is -3.46. The monoisotopic (exact) mass is 374 g/mol. The van der Waals surface area contributed by atoms with Crippen molar-refractivity contribution < 1.29 is 17.9 Å². The van der Waals surface area contributed by atoms with Crippen molar-refractivity contribution in [1.82, 2.24) is 0 Å². The van der Waals surface area contributed by atoms with E-state index in [2.05, 4.69) is 5.32 Å². The van der Waals surface area contributed by atoms with Gasteiger partial charge in [-0.25, -0.2) is 8.42 Å². The third-order valence-corrected chi connectivity index (χ3v) is 5.53. The summed E-state index contributed by atoms with van der Waals surface area (Å²) < 4.78 is 31.4. The summed E-state index contributed by atoms with van der Waals surface area (Å²) in [6.45, 7) is 2.21. The summed E-state index contributed by atoms with van der Waals surface area (Å²) in [6, 6.07) is 14.5. The average molecular weight is 374 g/mol. The molecule has 2 aromatic carbocycles. The Morgan fingerprint density at radius 1 is 1.19 bits per heavy atom. The largest absolute Gasteiger partial charge is 0.478 e. The highest BCUT2D eigenvalue weighted by Crippen LogP contribution is 2.34. The molecule has 1 aliphatic heterocycles. The molecule has 7 heteroatoms. The maximum Gasteiger partial charge on any atom is 0.265 e. The van der Waals surface area contributed by atoms with Gasteiger partial charge in [0.2, 0.25) is 10.0 Å². The van der Waals surface area contributed by atoms with E-state index in [1.54, 1.807) is 24.3 Å². The topological polar surface area (TPSA) is 75.7 Å². The fourth-order valence-electron chi connectivity index (χ4n) is 3.02. The van der Waals surface area contributed by atoms with E-state index in [0.717, 1.165) is 23.9 Å². The number of carbonyl (C=O) groups is 1. The van der Waals surface area contributed by atoms with Gasteiger partial charge in [0.25, 0.3) is 5.91 Å². The van der Waals surface area contributed by atoms with Crippen molar-refractivity contribution in [3.8, 4) is 5.75 Å². The second kappa shape index (κ2) is 7.37. The van der Waals surface area contributed by atoms with Crippen LogP contribution in [0.25, 0.3) is 0 Å². The number of benzene rings is 2. The minimum absolute atomic E-state index is 0.184. The van der Waals surface area contributed by atoms with Gasteiger partial charge in [-0.3, -0.25) is 9.10 Å². The molecule has 1 N–H and O–H groups in total. The first-order chi connectivity index (χ1) is 12.4. The van der Waals surface area contributed by atoms with E-state index in [9.17, 15) is 13.2 Å². The Morgan fingerprint density at radius 2 is 1.88 bits per heavy atom. The fourth-order valence-corrected chi connectivity index (χ4v) is 3.97. The summed E-state index contributed by atoms with van der Waals surface area (Å²) >= 11 is 0. The predicted molar refractivity (Wildman–Crippen MR) is 102 cm³/mol. The Morgan fingerprint density at radius 3 is 2.62 bits per heavy atom. The van der Waals surface area contributed by atoms with E-state index in [4.69, 9.17) is 4.74 Å². The van der Waals surface area contributed by atoms with Gasteiger partial charge in [-0.1, -0.05) is 37.3 Å². The lowest BCUT2D eigenvalue weighted by atomic mass is 10.1. The molecule has 1 heterocycles. The number of nitrogens with one attached hydrogen (secondary N) is 1. The van der Waals surface area contributed by atoms with Crippen LogP contribution in [0.1, 0.15) is 18.9 Å². The lowest BCUT2D eigenvalue weighted by Gasteiger charge is -2.20. The standard InChI is InChI=1S/C19H22N2O4S/c1-3-14-8-4-5-9-15(14)20-19(22)18-12-13-21(26(2,23)24)16-10-6-7-11-17(16)25-18/h4-11,18H,3,12-13H2,1-2H3,(H,20,22)/t18-/m0/s1. The van der Waals surface area contributed by atoms with E-state index in [0.29, 0.717) is 11.4 Å². The molecule has 0 aromatic heterocycles.